The van der Waals surface area contributed by atoms with Gasteiger partial charge in [-0.05, 0) is 6.42 Å². The summed E-state index contributed by atoms with van der Waals surface area (Å²) in [6.07, 6.45) is 2.06. The molecular formula is C10H14O4. The zero-order valence-electron chi connectivity index (χ0n) is 7.89. The van der Waals surface area contributed by atoms with E-state index in [-0.39, 0.29) is 24.3 Å². The van der Waals surface area contributed by atoms with E-state index in [1.165, 1.54) is 0 Å². The Bertz CT molecular complexity index is 235. The molecule has 14 heavy (non-hydrogen) atoms. The van der Waals surface area contributed by atoms with Gasteiger partial charge >= 0.3 is 5.97 Å². The highest BCUT2D eigenvalue weighted by Crippen LogP contribution is 2.33. The molecule has 0 saturated carbocycles. The first-order chi connectivity index (χ1) is 6.70. The summed E-state index contributed by atoms with van der Waals surface area (Å²) in [5.41, 5.74) is 0. The molecule has 1 N–H and O–H groups in total. The lowest BCUT2D eigenvalue weighted by Gasteiger charge is -2.16. The zero-order valence-corrected chi connectivity index (χ0v) is 7.89. The topological polar surface area (TPSA) is 55.8 Å². The average molecular weight is 198 g/mol. The number of ether oxygens (including phenoxy) is 2. The van der Waals surface area contributed by atoms with Gasteiger partial charge in [0.1, 0.15) is 12.2 Å². The third-order valence-electron chi connectivity index (χ3n) is 2.72. The van der Waals surface area contributed by atoms with Crippen LogP contribution in [0.4, 0.5) is 0 Å². The molecule has 0 aromatic carbocycles. The molecule has 0 bridgehead atoms. The van der Waals surface area contributed by atoms with Crippen LogP contribution in [0.1, 0.15) is 19.3 Å². The molecule has 2 fully saturated rings. The lowest BCUT2D eigenvalue weighted by Crippen LogP contribution is -2.26. The highest BCUT2D eigenvalue weighted by molar-refractivity contribution is 5.72. The Labute approximate surface area is 82.5 Å². The van der Waals surface area contributed by atoms with Gasteiger partial charge in [-0.15, -0.1) is 6.58 Å². The molecule has 0 radical (unpaired) electrons. The van der Waals surface area contributed by atoms with Crippen molar-refractivity contribution in [3.05, 3.63) is 12.7 Å². The molecule has 0 amide bonds. The van der Waals surface area contributed by atoms with Gasteiger partial charge in [0.25, 0.3) is 0 Å². The van der Waals surface area contributed by atoms with E-state index in [0.717, 1.165) is 0 Å². The second kappa shape index (κ2) is 3.71. The van der Waals surface area contributed by atoms with E-state index >= 15 is 0 Å². The van der Waals surface area contributed by atoms with Crippen molar-refractivity contribution in [2.45, 2.75) is 43.7 Å². The molecule has 4 atom stereocenters. The molecule has 2 saturated heterocycles. The molecule has 4 nitrogen and oxygen atoms in total. The number of esters is 1. The first kappa shape index (κ1) is 9.68. The van der Waals surface area contributed by atoms with Crippen molar-refractivity contribution in [2.75, 3.05) is 0 Å². The Morgan fingerprint density at radius 1 is 1.64 bits per heavy atom. The highest BCUT2D eigenvalue weighted by Gasteiger charge is 2.45. The molecule has 2 aliphatic heterocycles. The first-order valence-electron chi connectivity index (χ1n) is 4.84. The summed E-state index contributed by atoms with van der Waals surface area (Å²) in [6.45, 7) is 3.56. The fraction of sp³-hybridized carbons (Fsp3) is 0.700. The van der Waals surface area contributed by atoms with Crippen LogP contribution in [-0.4, -0.2) is 35.5 Å². The molecule has 78 valence electrons. The van der Waals surface area contributed by atoms with Gasteiger partial charge in [0.05, 0.1) is 18.6 Å². The van der Waals surface area contributed by atoms with E-state index in [4.69, 9.17) is 9.47 Å². The lowest BCUT2D eigenvalue weighted by atomic mass is 10.1. The molecule has 2 heterocycles. The van der Waals surface area contributed by atoms with Crippen LogP contribution in [0.15, 0.2) is 12.7 Å². The summed E-state index contributed by atoms with van der Waals surface area (Å²) in [7, 11) is 0. The monoisotopic (exact) mass is 198 g/mol. The van der Waals surface area contributed by atoms with Gasteiger partial charge < -0.3 is 14.6 Å². The van der Waals surface area contributed by atoms with E-state index in [1.54, 1.807) is 6.08 Å². The zero-order chi connectivity index (χ0) is 10.1. The Morgan fingerprint density at radius 2 is 2.43 bits per heavy atom. The minimum absolute atomic E-state index is 0.146. The predicted molar refractivity (Wildman–Crippen MR) is 48.6 cm³/mol. The average Bonchev–Trinajstić information content (AvgIpc) is 2.61. The van der Waals surface area contributed by atoms with Crippen LogP contribution in [0, 0.1) is 0 Å². The highest BCUT2D eigenvalue weighted by atomic mass is 16.6. The maximum absolute atomic E-state index is 10.9. The smallest absolute Gasteiger partial charge is 0.308 e. The van der Waals surface area contributed by atoms with E-state index in [2.05, 4.69) is 6.58 Å². The molecule has 0 aromatic heterocycles. The number of hydrogen-bond donors (Lipinski definition) is 1. The largest absolute Gasteiger partial charge is 0.459 e. The number of rotatable bonds is 3. The lowest BCUT2D eigenvalue weighted by molar-refractivity contribution is -0.141. The Morgan fingerprint density at radius 3 is 3.07 bits per heavy atom. The van der Waals surface area contributed by atoms with Crippen LogP contribution in [0.2, 0.25) is 0 Å². The SMILES string of the molecule is C=CCC(O)C1CC2OC(=O)CC2O1. The van der Waals surface area contributed by atoms with Crippen LogP contribution >= 0.6 is 0 Å². The Kier molecular flexibility index (Phi) is 2.56. The Hall–Kier alpha value is -0.870. The fourth-order valence-electron chi connectivity index (χ4n) is 2.00. The number of aliphatic hydroxyl groups excluding tert-OH is 1. The number of fused-ring (bicyclic) bond motifs is 1. The van der Waals surface area contributed by atoms with Gasteiger partial charge in [-0.2, -0.15) is 0 Å². The first-order valence-corrected chi connectivity index (χ1v) is 4.84. The van der Waals surface area contributed by atoms with E-state index in [0.29, 0.717) is 19.3 Å². The van der Waals surface area contributed by atoms with Crippen molar-refractivity contribution in [1.29, 1.82) is 0 Å². The second-order valence-electron chi connectivity index (χ2n) is 3.77. The minimum Gasteiger partial charge on any atom is -0.459 e. The quantitative estimate of drug-likeness (QED) is 0.526. The number of carbonyl (C=O) groups excluding carboxylic acids is 1. The van der Waals surface area contributed by atoms with E-state index in [1.807, 2.05) is 0 Å². The molecule has 4 unspecified atom stereocenters. The van der Waals surface area contributed by atoms with Gasteiger partial charge in [-0.3, -0.25) is 4.79 Å². The molecule has 0 spiro atoms. The van der Waals surface area contributed by atoms with Crippen molar-refractivity contribution in [3.8, 4) is 0 Å². The molecule has 0 aromatic rings. The second-order valence-corrected chi connectivity index (χ2v) is 3.77. The van der Waals surface area contributed by atoms with Crippen LogP contribution in [0.5, 0.6) is 0 Å². The fourth-order valence-corrected chi connectivity index (χ4v) is 2.00. The van der Waals surface area contributed by atoms with Gasteiger partial charge in [0.15, 0.2) is 0 Å². The molecule has 4 heteroatoms. The maximum Gasteiger partial charge on any atom is 0.308 e. The van der Waals surface area contributed by atoms with E-state index < -0.39 is 6.10 Å². The summed E-state index contributed by atoms with van der Waals surface area (Å²) in [5, 5.41) is 9.63. The predicted octanol–water partition coefficient (Wildman–Crippen LogP) is 0.396. The summed E-state index contributed by atoms with van der Waals surface area (Å²) >= 11 is 0. The minimum atomic E-state index is -0.531. The van der Waals surface area contributed by atoms with Crippen LogP contribution < -0.4 is 0 Å². The van der Waals surface area contributed by atoms with Crippen LogP contribution in [0.3, 0.4) is 0 Å². The van der Waals surface area contributed by atoms with E-state index in [9.17, 15) is 9.90 Å². The van der Waals surface area contributed by atoms with Crippen molar-refractivity contribution in [2.24, 2.45) is 0 Å². The van der Waals surface area contributed by atoms with Crippen molar-refractivity contribution in [3.63, 3.8) is 0 Å². The van der Waals surface area contributed by atoms with Gasteiger partial charge in [-0.25, -0.2) is 0 Å². The van der Waals surface area contributed by atoms with Crippen molar-refractivity contribution < 1.29 is 19.4 Å². The normalized spacial score (nSPS) is 37.8. The summed E-state index contributed by atoms with van der Waals surface area (Å²) in [4.78, 5) is 10.9. The third-order valence-corrected chi connectivity index (χ3v) is 2.72. The Balaban J connectivity index is 1.90. The standard InChI is InChI=1S/C10H14O4/c1-2-3-6(11)7-4-8-9(13-7)5-10(12)14-8/h2,6-9,11H,1,3-5H2. The van der Waals surface area contributed by atoms with Gasteiger partial charge in [-0.1, -0.05) is 6.08 Å². The number of aliphatic hydroxyl groups is 1. The number of hydrogen-bond acceptors (Lipinski definition) is 4. The third kappa shape index (κ3) is 1.67. The maximum atomic E-state index is 10.9. The molecule has 0 aliphatic carbocycles. The molecule has 2 aliphatic rings. The molecule has 2 rings (SSSR count). The van der Waals surface area contributed by atoms with Gasteiger partial charge in [0.2, 0.25) is 0 Å². The molecular weight excluding hydrogens is 184 g/mol. The van der Waals surface area contributed by atoms with Crippen molar-refractivity contribution >= 4 is 5.97 Å². The van der Waals surface area contributed by atoms with Crippen molar-refractivity contribution in [1.82, 2.24) is 0 Å². The number of carbonyl (C=O) groups is 1. The summed E-state index contributed by atoms with van der Waals surface area (Å²) in [6, 6.07) is 0. The summed E-state index contributed by atoms with van der Waals surface area (Å²) in [5.74, 6) is -0.198. The van der Waals surface area contributed by atoms with Crippen LogP contribution in [0.25, 0.3) is 0 Å². The van der Waals surface area contributed by atoms with Gasteiger partial charge in [0, 0.05) is 6.42 Å². The summed E-state index contributed by atoms with van der Waals surface area (Å²) < 4.78 is 10.6. The van der Waals surface area contributed by atoms with Crippen LogP contribution in [-0.2, 0) is 14.3 Å².